The second kappa shape index (κ2) is 7.58. The number of thiophene rings is 1. The minimum absolute atomic E-state index is 0.0920. The average molecular weight is 451 g/mol. The molecular weight excluding hydrogens is 436 g/mol. The van der Waals surface area contributed by atoms with Gasteiger partial charge in [-0.2, -0.15) is 10.4 Å². The first kappa shape index (κ1) is 18.4. The fourth-order valence-electron chi connectivity index (χ4n) is 3.05. The molecule has 0 aliphatic carbocycles. The van der Waals surface area contributed by atoms with Gasteiger partial charge in [-0.25, -0.2) is 0 Å². The number of benzene rings is 1. The van der Waals surface area contributed by atoms with Crippen molar-refractivity contribution in [3.05, 3.63) is 74.4 Å². The van der Waals surface area contributed by atoms with E-state index in [0.717, 1.165) is 26.2 Å². The topological polar surface area (TPSA) is 74.5 Å². The number of aromatic amines is 1. The third-order valence-corrected chi connectivity index (χ3v) is 5.86. The van der Waals surface area contributed by atoms with E-state index in [4.69, 9.17) is 0 Å². The Morgan fingerprint density at radius 1 is 1.25 bits per heavy atom. The Hall–Kier alpha value is -2.95. The molecule has 0 saturated carbocycles. The van der Waals surface area contributed by atoms with Crippen molar-refractivity contribution in [2.45, 2.75) is 13.5 Å². The zero-order valence-corrected chi connectivity index (χ0v) is 17.3. The van der Waals surface area contributed by atoms with Gasteiger partial charge in [-0.1, -0.05) is 34.1 Å². The lowest BCUT2D eigenvalue weighted by molar-refractivity contribution is 0.662. The van der Waals surface area contributed by atoms with Crippen LogP contribution in [0.5, 0.6) is 0 Å². The molecule has 0 saturated heterocycles. The smallest absolute Gasteiger partial charge is 0.266 e. The highest BCUT2D eigenvalue weighted by atomic mass is 79.9. The van der Waals surface area contributed by atoms with E-state index in [9.17, 15) is 10.1 Å². The molecule has 0 aliphatic heterocycles. The summed E-state index contributed by atoms with van der Waals surface area (Å²) in [4.78, 5) is 16.4. The predicted octanol–water partition coefficient (Wildman–Crippen LogP) is 5.29. The number of H-pyrrole nitrogens is 1. The van der Waals surface area contributed by atoms with Crippen molar-refractivity contribution in [1.82, 2.24) is 14.8 Å². The minimum atomic E-state index is -0.394. The van der Waals surface area contributed by atoms with E-state index in [-0.39, 0.29) is 5.56 Å². The Morgan fingerprint density at radius 3 is 2.68 bits per heavy atom. The maximum Gasteiger partial charge on any atom is 0.266 e. The molecule has 138 valence electrons. The molecule has 5 nitrogen and oxygen atoms in total. The third-order valence-electron chi connectivity index (χ3n) is 4.43. The van der Waals surface area contributed by atoms with E-state index in [0.29, 0.717) is 17.8 Å². The van der Waals surface area contributed by atoms with Gasteiger partial charge in [0.15, 0.2) is 0 Å². The van der Waals surface area contributed by atoms with Crippen LogP contribution < -0.4 is 5.56 Å². The van der Waals surface area contributed by atoms with Gasteiger partial charge in [-0.15, -0.1) is 11.3 Å². The van der Waals surface area contributed by atoms with Gasteiger partial charge in [0.25, 0.3) is 5.56 Å². The molecule has 4 rings (SSSR count). The van der Waals surface area contributed by atoms with Gasteiger partial charge in [0.05, 0.1) is 10.6 Å². The standard InChI is InChI=1S/C21H15BrN4OS/c1-2-26-12-17(20(25-26)13-5-7-14(22)8-6-13)15-10-18(19-4-3-9-28-19)24-21(27)16(15)11-23/h3-10,12H,2H2,1H3,(H,24,27). The fourth-order valence-corrected chi connectivity index (χ4v) is 4.01. The quantitative estimate of drug-likeness (QED) is 0.458. The van der Waals surface area contributed by atoms with Crippen LogP contribution in [0, 0.1) is 11.3 Å². The van der Waals surface area contributed by atoms with E-state index < -0.39 is 5.56 Å². The van der Waals surface area contributed by atoms with E-state index in [1.165, 1.54) is 11.3 Å². The highest BCUT2D eigenvalue weighted by Crippen LogP contribution is 2.35. The van der Waals surface area contributed by atoms with Crippen molar-refractivity contribution in [1.29, 1.82) is 5.26 Å². The Balaban J connectivity index is 1.99. The minimum Gasteiger partial charge on any atom is -0.320 e. The summed E-state index contributed by atoms with van der Waals surface area (Å²) in [6.07, 6.45) is 1.89. The van der Waals surface area contributed by atoms with Crippen molar-refractivity contribution < 1.29 is 0 Å². The number of nitriles is 1. The number of rotatable bonds is 4. The van der Waals surface area contributed by atoms with Crippen molar-refractivity contribution in [2.75, 3.05) is 0 Å². The molecule has 7 heteroatoms. The van der Waals surface area contributed by atoms with Crippen molar-refractivity contribution in [2.24, 2.45) is 0 Å². The van der Waals surface area contributed by atoms with Crippen molar-refractivity contribution >= 4 is 27.3 Å². The Labute approximate surface area is 174 Å². The van der Waals surface area contributed by atoms with E-state index in [2.05, 4.69) is 32.1 Å². The van der Waals surface area contributed by atoms with E-state index in [1.807, 2.05) is 65.6 Å². The van der Waals surface area contributed by atoms with Gasteiger partial charge in [-0.05, 0) is 36.6 Å². The normalized spacial score (nSPS) is 10.8. The molecule has 4 aromatic rings. The van der Waals surface area contributed by atoms with Crippen LogP contribution in [-0.4, -0.2) is 14.8 Å². The predicted molar refractivity (Wildman–Crippen MR) is 115 cm³/mol. The number of nitrogens with one attached hydrogen (secondary N) is 1. The number of aromatic nitrogens is 3. The van der Waals surface area contributed by atoms with E-state index in [1.54, 1.807) is 0 Å². The van der Waals surface area contributed by atoms with Gasteiger partial charge >= 0.3 is 0 Å². The van der Waals surface area contributed by atoms with Crippen LogP contribution in [0.25, 0.3) is 33.0 Å². The molecule has 0 atom stereocenters. The summed E-state index contributed by atoms with van der Waals surface area (Å²) in [6.45, 7) is 2.69. The van der Waals surface area contributed by atoms with Gasteiger partial charge in [0, 0.05) is 33.9 Å². The molecule has 3 heterocycles. The largest absolute Gasteiger partial charge is 0.320 e. The number of pyridine rings is 1. The highest BCUT2D eigenvalue weighted by molar-refractivity contribution is 9.10. The summed E-state index contributed by atoms with van der Waals surface area (Å²) in [5.41, 5.74) is 3.42. The van der Waals surface area contributed by atoms with Gasteiger partial charge in [-0.3, -0.25) is 9.48 Å². The summed E-state index contributed by atoms with van der Waals surface area (Å²) in [5, 5.41) is 16.3. The Bertz CT molecular complexity index is 1230. The van der Waals surface area contributed by atoms with Crippen molar-refractivity contribution in [3.8, 4) is 39.0 Å². The first-order valence-corrected chi connectivity index (χ1v) is 10.3. The summed E-state index contributed by atoms with van der Waals surface area (Å²) in [6, 6.07) is 15.6. The van der Waals surface area contributed by atoms with Crippen LogP contribution in [0.1, 0.15) is 12.5 Å². The molecule has 3 aromatic heterocycles. The van der Waals surface area contributed by atoms with Crippen LogP contribution in [0.15, 0.2) is 63.3 Å². The maximum absolute atomic E-state index is 12.6. The number of hydrogen-bond donors (Lipinski definition) is 1. The molecule has 0 amide bonds. The van der Waals surface area contributed by atoms with Crippen LogP contribution >= 0.6 is 27.3 Å². The van der Waals surface area contributed by atoms with Crippen LogP contribution in [0.4, 0.5) is 0 Å². The Morgan fingerprint density at radius 2 is 2.04 bits per heavy atom. The van der Waals surface area contributed by atoms with Crippen molar-refractivity contribution in [3.63, 3.8) is 0 Å². The SMILES string of the molecule is CCn1cc(-c2cc(-c3cccs3)[nH]c(=O)c2C#N)c(-c2ccc(Br)cc2)n1. The zero-order chi connectivity index (χ0) is 19.7. The molecule has 1 N–H and O–H groups in total. The number of aryl methyl sites for hydroxylation is 1. The number of nitrogens with zero attached hydrogens (tertiary/aromatic N) is 3. The van der Waals surface area contributed by atoms with Crippen LogP contribution in [0.3, 0.4) is 0 Å². The van der Waals surface area contributed by atoms with Crippen LogP contribution in [0.2, 0.25) is 0 Å². The van der Waals surface area contributed by atoms with Gasteiger partial charge < -0.3 is 4.98 Å². The third kappa shape index (κ3) is 3.33. The zero-order valence-electron chi connectivity index (χ0n) is 14.9. The lowest BCUT2D eigenvalue weighted by atomic mass is 9.98. The lowest BCUT2D eigenvalue weighted by Gasteiger charge is -2.07. The van der Waals surface area contributed by atoms with E-state index >= 15 is 0 Å². The van der Waals surface area contributed by atoms with Crippen LogP contribution in [-0.2, 0) is 6.54 Å². The molecular formula is C21H15BrN4OS. The molecule has 28 heavy (non-hydrogen) atoms. The maximum atomic E-state index is 12.6. The second-order valence-corrected chi connectivity index (χ2v) is 8.01. The first-order chi connectivity index (χ1) is 13.6. The summed E-state index contributed by atoms with van der Waals surface area (Å²) in [5.74, 6) is 0. The molecule has 0 fully saturated rings. The molecule has 0 unspecified atom stereocenters. The molecule has 1 aromatic carbocycles. The monoisotopic (exact) mass is 450 g/mol. The van der Waals surface area contributed by atoms with Gasteiger partial charge in [0.2, 0.25) is 0 Å². The lowest BCUT2D eigenvalue weighted by Crippen LogP contribution is -2.12. The summed E-state index contributed by atoms with van der Waals surface area (Å²) >= 11 is 4.99. The molecule has 0 aliphatic rings. The summed E-state index contributed by atoms with van der Waals surface area (Å²) in [7, 11) is 0. The second-order valence-electron chi connectivity index (χ2n) is 6.14. The number of hydrogen-bond acceptors (Lipinski definition) is 4. The Kier molecular flexibility index (Phi) is 4.99. The summed E-state index contributed by atoms with van der Waals surface area (Å²) < 4.78 is 2.79. The fraction of sp³-hybridized carbons (Fsp3) is 0.0952. The average Bonchev–Trinajstić information content (AvgIpc) is 3.38. The molecule has 0 bridgehead atoms. The van der Waals surface area contributed by atoms with Gasteiger partial charge in [0.1, 0.15) is 17.3 Å². The molecule has 0 radical (unpaired) electrons. The number of halogens is 1. The highest BCUT2D eigenvalue weighted by Gasteiger charge is 2.19. The first-order valence-electron chi connectivity index (χ1n) is 8.65. The molecule has 0 spiro atoms.